The Bertz CT molecular complexity index is 328. The van der Waals surface area contributed by atoms with E-state index in [4.69, 9.17) is 16.3 Å². The molecule has 1 aromatic rings. The molecule has 0 radical (unpaired) electrons. The maximum atomic E-state index is 11.6. The van der Waals surface area contributed by atoms with Crippen LogP contribution < -0.4 is 4.74 Å². The average Bonchev–Trinajstić information content (AvgIpc) is 2.23. The normalized spacial score (nSPS) is 11.5. The zero-order chi connectivity index (χ0) is 12.0. The molecule has 1 aromatic carbocycles. The number of hydrogen-bond acceptors (Lipinski definition) is 2. The number of para-hydroxylation sites is 1. The first kappa shape index (κ1) is 13.1. The first-order valence-corrected chi connectivity index (χ1v) is 5.04. The summed E-state index contributed by atoms with van der Waals surface area (Å²) in [7, 11) is 0. The highest BCUT2D eigenvalue weighted by molar-refractivity contribution is 6.17. The third-order valence-electron chi connectivity index (χ3n) is 1.72. The van der Waals surface area contributed by atoms with Crippen molar-refractivity contribution in [2.45, 2.75) is 12.2 Å². The molecule has 0 aliphatic heterocycles. The second-order valence-electron chi connectivity index (χ2n) is 2.88. The second kappa shape index (κ2) is 5.96. The van der Waals surface area contributed by atoms with E-state index in [0.717, 1.165) is 5.56 Å². The van der Waals surface area contributed by atoms with Crippen molar-refractivity contribution in [1.82, 2.24) is 0 Å². The van der Waals surface area contributed by atoms with Crippen molar-refractivity contribution < 1.29 is 22.6 Å². The van der Waals surface area contributed by atoms with Gasteiger partial charge in [0.1, 0.15) is 12.4 Å². The number of ether oxygens (including phenoxy) is 2. The number of halogens is 4. The molecule has 2 nitrogen and oxygen atoms in total. The number of alkyl halides is 4. The van der Waals surface area contributed by atoms with Crippen LogP contribution in [0.5, 0.6) is 5.75 Å². The fourth-order valence-electron chi connectivity index (χ4n) is 1.06. The van der Waals surface area contributed by atoms with Gasteiger partial charge in [-0.25, -0.2) is 0 Å². The van der Waals surface area contributed by atoms with Gasteiger partial charge in [-0.15, -0.1) is 24.8 Å². The van der Waals surface area contributed by atoms with Crippen molar-refractivity contribution in [3.63, 3.8) is 0 Å². The van der Waals surface area contributed by atoms with Crippen molar-refractivity contribution in [1.29, 1.82) is 0 Å². The maximum Gasteiger partial charge on any atom is 0.522 e. The highest BCUT2D eigenvalue weighted by atomic mass is 35.5. The van der Waals surface area contributed by atoms with Crippen molar-refractivity contribution in [2.75, 3.05) is 13.2 Å². The largest absolute Gasteiger partial charge is 0.522 e. The lowest BCUT2D eigenvalue weighted by Crippen LogP contribution is -2.18. The van der Waals surface area contributed by atoms with E-state index >= 15 is 0 Å². The fourth-order valence-corrected chi connectivity index (χ4v) is 1.28. The summed E-state index contributed by atoms with van der Waals surface area (Å²) in [6.45, 7) is -0.715. The van der Waals surface area contributed by atoms with E-state index in [2.05, 4.69) is 4.74 Å². The van der Waals surface area contributed by atoms with Gasteiger partial charge in [-0.3, -0.25) is 4.74 Å². The van der Waals surface area contributed by atoms with Crippen LogP contribution in [0.15, 0.2) is 24.3 Å². The fraction of sp³-hybridized carbons (Fsp3) is 0.400. The molecular formula is C10H10ClF3O2. The first-order chi connectivity index (χ1) is 7.53. The van der Waals surface area contributed by atoms with Crippen molar-refractivity contribution in [2.24, 2.45) is 0 Å². The van der Waals surface area contributed by atoms with Gasteiger partial charge in [0.15, 0.2) is 0 Å². The van der Waals surface area contributed by atoms with Crippen LogP contribution in [0.1, 0.15) is 5.56 Å². The first-order valence-electron chi connectivity index (χ1n) is 4.50. The average molecular weight is 255 g/mol. The van der Waals surface area contributed by atoms with E-state index in [1.807, 2.05) is 0 Å². The molecule has 0 unspecified atom stereocenters. The monoisotopic (exact) mass is 254 g/mol. The van der Waals surface area contributed by atoms with E-state index in [1.54, 1.807) is 24.3 Å². The van der Waals surface area contributed by atoms with Gasteiger partial charge in [-0.05, 0) is 6.07 Å². The van der Waals surface area contributed by atoms with Gasteiger partial charge < -0.3 is 4.74 Å². The molecule has 0 atom stereocenters. The Morgan fingerprint density at radius 3 is 2.44 bits per heavy atom. The summed E-state index contributed by atoms with van der Waals surface area (Å²) in [5.74, 6) is 0.722. The van der Waals surface area contributed by atoms with E-state index < -0.39 is 13.0 Å². The molecule has 0 saturated carbocycles. The molecule has 0 N–H and O–H groups in total. The van der Waals surface area contributed by atoms with Crippen LogP contribution in [0.4, 0.5) is 13.2 Å². The zero-order valence-corrected chi connectivity index (χ0v) is 9.02. The summed E-state index contributed by atoms with van der Waals surface area (Å²) >= 11 is 5.63. The molecule has 0 fully saturated rings. The SMILES string of the molecule is FC(F)(F)OCCOc1ccccc1CCl. The van der Waals surface area contributed by atoms with Gasteiger partial charge in [0.05, 0.1) is 12.5 Å². The van der Waals surface area contributed by atoms with Gasteiger partial charge in [0.25, 0.3) is 0 Å². The molecule has 6 heteroatoms. The Kier molecular flexibility index (Phi) is 4.89. The number of hydrogen-bond donors (Lipinski definition) is 0. The number of benzene rings is 1. The molecule has 0 spiro atoms. The van der Waals surface area contributed by atoms with Crippen LogP contribution in [0.2, 0.25) is 0 Å². The van der Waals surface area contributed by atoms with Gasteiger partial charge in [-0.1, -0.05) is 18.2 Å². The standard InChI is InChI=1S/C10H10ClF3O2/c11-7-8-3-1-2-4-9(8)15-5-6-16-10(12,13)14/h1-4H,5-7H2. The number of rotatable bonds is 5. The Labute approximate surface area is 95.9 Å². The minimum atomic E-state index is -4.62. The molecule has 0 saturated heterocycles. The maximum absolute atomic E-state index is 11.6. The van der Waals surface area contributed by atoms with Crippen molar-refractivity contribution in [3.05, 3.63) is 29.8 Å². The summed E-state index contributed by atoms with van der Waals surface area (Å²) in [6.07, 6.45) is -4.62. The van der Waals surface area contributed by atoms with Crippen LogP contribution in [-0.2, 0) is 10.6 Å². The van der Waals surface area contributed by atoms with Crippen LogP contribution in [0.25, 0.3) is 0 Å². The predicted molar refractivity (Wildman–Crippen MR) is 53.5 cm³/mol. The third kappa shape index (κ3) is 4.72. The summed E-state index contributed by atoms with van der Waals surface area (Å²) in [5, 5.41) is 0. The zero-order valence-electron chi connectivity index (χ0n) is 8.26. The van der Waals surface area contributed by atoms with Gasteiger partial charge in [0, 0.05) is 5.56 Å². The lowest BCUT2D eigenvalue weighted by atomic mass is 10.2. The minimum absolute atomic E-state index is 0.173. The van der Waals surface area contributed by atoms with Gasteiger partial charge in [-0.2, -0.15) is 0 Å². The van der Waals surface area contributed by atoms with Gasteiger partial charge in [0.2, 0.25) is 0 Å². The van der Waals surface area contributed by atoms with Crippen LogP contribution >= 0.6 is 11.6 Å². The molecule has 0 aromatic heterocycles. The molecule has 0 amide bonds. The Balaban J connectivity index is 2.37. The quantitative estimate of drug-likeness (QED) is 0.593. The van der Waals surface area contributed by atoms with E-state index in [9.17, 15) is 13.2 Å². The highest BCUT2D eigenvalue weighted by Crippen LogP contribution is 2.20. The highest BCUT2D eigenvalue weighted by Gasteiger charge is 2.28. The summed E-state index contributed by atoms with van der Waals surface area (Å²) in [6, 6.07) is 6.88. The van der Waals surface area contributed by atoms with E-state index in [1.165, 1.54) is 0 Å². The minimum Gasteiger partial charge on any atom is -0.491 e. The molecule has 0 heterocycles. The van der Waals surface area contributed by atoms with Gasteiger partial charge >= 0.3 is 6.36 Å². The second-order valence-corrected chi connectivity index (χ2v) is 3.15. The molecule has 90 valence electrons. The Hall–Kier alpha value is -0.940. The van der Waals surface area contributed by atoms with E-state index in [-0.39, 0.29) is 12.5 Å². The van der Waals surface area contributed by atoms with Crippen molar-refractivity contribution >= 4 is 11.6 Å². The molecule has 16 heavy (non-hydrogen) atoms. The summed E-state index contributed by atoms with van der Waals surface area (Å²) in [5.41, 5.74) is 0.733. The molecule has 0 bridgehead atoms. The van der Waals surface area contributed by atoms with Crippen LogP contribution in [0.3, 0.4) is 0 Å². The summed E-state index contributed by atoms with van der Waals surface area (Å²) < 4.78 is 43.6. The Morgan fingerprint density at radius 2 is 1.81 bits per heavy atom. The van der Waals surface area contributed by atoms with Crippen LogP contribution in [0, 0.1) is 0 Å². The van der Waals surface area contributed by atoms with E-state index in [0.29, 0.717) is 5.75 Å². The third-order valence-corrected chi connectivity index (χ3v) is 2.01. The predicted octanol–water partition coefficient (Wildman–Crippen LogP) is 3.34. The van der Waals surface area contributed by atoms with Crippen molar-refractivity contribution in [3.8, 4) is 5.75 Å². The van der Waals surface area contributed by atoms with Crippen LogP contribution in [-0.4, -0.2) is 19.6 Å². The lowest BCUT2D eigenvalue weighted by molar-refractivity contribution is -0.325. The molecule has 0 aliphatic carbocycles. The Morgan fingerprint density at radius 1 is 1.12 bits per heavy atom. The smallest absolute Gasteiger partial charge is 0.491 e. The topological polar surface area (TPSA) is 18.5 Å². The molecular weight excluding hydrogens is 245 g/mol. The lowest BCUT2D eigenvalue weighted by Gasteiger charge is -2.11. The molecule has 0 aliphatic rings. The molecule has 1 rings (SSSR count). The summed E-state index contributed by atoms with van der Waals surface area (Å²) in [4.78, 5) is 0.